The summed E-state index contributed by atoms with van der Waals surface area (Å²) in [6.07, 6.45) is 0. The SMILES string of the molecule is Cc1ccc(-c2cc(N=Nc3ccccc3)c(O)o2)cc1C. The van der Waals surface area contributed by atoms with Crippen molar-refractivity contribution in [2.45, 2.75) is 13.8 Å². The number of hydrogen-bond acceptors (Lipinski definition) is 4. The summed E-state index contributed by atoms with van der Waals surface area (Å²) >= 11 is 0. The molecule has 0 amide bonds. The molecule has 0 spiro atoms. The van der Waals surface area contributed by atoms with Gasteiger partial charge in [0.05, 0.1) is 5.69 Å². The standard InChI is InChI=1S/C18H16N2O2/c1-12-8-9-14(10-13(12)2)17-11-16(18(21)22-17)20-19-15-6-4-3-5-7-15/h3-11,21H,1-2H3. The zero-order valence-corrected chi connectivity index (χ0v) is 12.4. The Labute approximate surface area is 128 Å². The first-order valence-electron chi connectivity index (χ1n) is 7.01. The van der Waals surface area contributed by atoms with Crippen molar-refractivity contribution in [3.63, 3.8) is 0 Å². The van der Waals surface area contributed by atoms with Gasteiger partial charge in [-0.25, -0.2) is 0 Å². The molecular formula is C18H16N2O2. The Hall–Kier alpha value is -2.88. The highest BCUT2D eigenvalue weighted by molar-refractivity contribution is 5.65. The number of nitrogens with zero attached hydrogens (tertiary/aromatic N) is 2. The molecular weight excluding hydrogens is 276 g/mol. The monoisotopic (exact) mass is 292 g/mol. The Balaban J connectivity index is 1.90. The Bertz CT molecular complexity index is 820. The molecule has 1 aromatic heterocycles. The van der Waals surface area contributed by atoms with Crippen LogP contribution in [-0.4, -0.2) is 5.11 Å². The van der Waals surface area contributed by atoms with E-state index in [0.717, 1.165) is 11.3 Å². The van der Waals surface area contributed by atoms with E-state index in [0.29, 0.717) is 11.4 Å². The number of benzene rings is 2. The van der Waals surface area contributed by atoms with Crippen LogP contribution in [0.3, 0.4) is 0 Å². The Morgan fingerprint density at radius 2 is 1.64 bits per heavy atom. The lowest BCUT2D eigenvalue weighted by Gasteiger charge is -2.01. The predicted molar refractivity (Wildman–Crippen MR) is 85.9 cm³/mol. The van der Waals surface area contributed by atoms with Gasteiger partial charge >= 0.3 is 5.95 Å². The third-order valence-electron chi connectivity index (χ3n) is 3.51. The molecule has 0 aliphatic rings. The van der Waals surface area contributed by atoms with Gasteiger partial charge in [0.25, 0.3) is 0 Å². The first-order valence-corrected chi connectivity index (χ1v) is 7.01. The van der Waals surface area contributed by atoms with Gasteiger partial charge in [-0.15, -0.1) is 5.11 Å². The molecule has 0 bridgehead atoms. The molecule has 1 N–H and O–H groups in total. The van der Waals surface area contributed by atoms with Crippen LogP contribution in [0.2, 0.25) is 0 Å². The second-order valence-electron chi connectivity index (χ2n) is 5.14. The van der Waals surface area contributed by atoms with E-state index in [1.165, 1.54) is 11.1 Å². The maximum absolute atomic E-state index is 9.87. The zero-order chi connectivity index (χ0) is 15.5. The van der Waals surface area contributed by atoms with Crippen molar-refractivity contribution in [3.8, 4) is 17.3 Å². The van der Waals surface area contributed by atoms with Crippen LogP contribution in [0.5, 0.6) is 5.95 Å². The van der Waals surface area contributed by atoms with Gasteiger partial charge in [0.15, 0.2) is 5.69 Å². The van der Waals surface area contributed by atoms with Crippen molar-refractivity contribution in [1.29, 1.82) is 0 Å². The maximum atomic E-state index is 9.87. The molecule has 2 aromatic carbocycles. The lowest BCUT2D eigenvalue weighted by Crippen LogP contribution is -1.81. The van der Waals surface area contributed by atoms with Gasteiger partial charge in [-0.3, -0.25) is 0 Å². The van der Waals surface area contributed by atoms with Crippen molar-refractivity contribution < 1.29 is 9.52 Å². The number of furan rings is 1. The minimum absolute atomic E-state index is 0.229. The van der Waals surface area contributed by atoms with Crippen LogP contribution in [0.25, 0.3) is 11.3 Å². The van der Waals surface area contributed by atoms with Gasteiger partial charge in [-0.1, -0.05) is 30.3 Å². The molecule has 3 aromatic rings. The van der Waals surface area contributed by atoms with Crippen LogP contribution in [0, 0.1) is 13.8 Å². The Morgan fingerprint density at radius 1 is 0.864 bits per heavy atom. The molecule has 22 heavy (non-hydrogen) atoms. The summed E-state index contributed by atoms with van der Waals surface area (Å²) < 4.78 is 5.39. The third-order valence-corrected chi connectivity index (χ3v) is 3.51. The Kier molecular flexibility index (Phi) is 3.74. The largest absolute Gasteiger partial charge is 0.479 e. The number of azo groups is 1. The quantitative estimate of drug-likeness (QED) is 0.631. The fourth-order valence-corrected chi connectivity index (χ4v) is 2.09. The van der Waals surface area contributed by atoms with Crippen LogP contribution in [0.4, 0.5) is 11.4 Å². The van der Waals surface area contributed by atoms with Crippen molar-refractivity contribution >= 4 is 11.4 Å². The fraction of sp³-hybridized carbons (Fsp3) is 0.111. The van der Waals surface area contributed by atoms with Gasteiger partial charge in [-0.05, 0) is 43.2 Å². The summed E-state index contributed by atoms with van der Waals surface area (Å²) in [6.45, 7) is 4.09. The van der Waals surface area contributed by atoms with Gasteiger partial charge in [0.1, 0.15) is 5.76 Å². The lowest BCUT2D eigenvalue weighted by molar-refractivity contribution is 0.339. The van der Waals surface area contributed by atoms with Gasteiger partial charge in [0, 0.05) is 11.6 Å². The molecule has 4 heteroatoms. The summed E-state index contributed by atoms with van der Waals surface area (Å²) in [5.74, 6) is 0.343. The van der Waals surface area contributed by atoms with Gasteiger partial charge in [0.2, 0.25) is 0 Å². The van der Waals surface area contributed by atoms with Crippen LogP contribution in [0.15, 0.2) is 69.2 Å². The van der Waals surface area contributed by atoms with E-state index in [9.17, 15) is 5.11 Å². The second-order valence-corrected chi connectivity index (χ2v) is 5.14. The van der Waals surface area contributed by atoms with E-state index in [1.54, 1.807) is 6.07 Å². The minimum Gasteiger partial charge on any atom is -0.479 e. The van der Waals surface area contributed by atoms with E-state index < -0.39 is 0 Å². The molecule has 0 saturated heterocycles. The number of aryl methyl sites for hydroxylation is 2. The molecule has 0 aliphatic heterocycles. The van der Waals surface area contributed by atoms with E-state index in [1.807, 2.05) is 55.5 Å². The fourth-order valence-electron chi connectivity index (χ4n) is 2.09. The average Bonchev–Trinajstić information content (AvgIpc) is 2.90. The molecule has 1 heterocycles. The maximum Gasteiger partial charge on any atom is 0.311 e. The Morgan fingerprint density at radius 3 is 2.36 bits per heavy atom. The molecule has 0 unspecified atom stereocenters. The molecule has 0 fully saturated rings. The van der Waals surface area contributed by atoms with Crippen LogP contribution in [0.1, 0.15) is 11.1 Å². The molecule has 4 nitrogen and oxygen atoms in total. The van der Waals surface area contributed by atoms with Gasteiger partial charge < -0.3 is 9.52 Å². The zero-order valence-electron chi connectivity index (χ0n) is 12.4. The second kappa shape index (κ2) is 5.85. The number of hydrogen-bond donors (Lipinski definition) is 1. The topological polar surface area (TPSA) is 58.1 Å². The van der Waals surface area contributed by atoms with Crippen molar-refractivity contribution in [1.82, 2.24) is 0 Å². The van der Waals surface area contributed by atoms with Crippen LogP contribution < -0.4 is 0 Å². The van der Waals surface area contributed by atoms with Crippen LogP contribution in [-0.2, 0) is 0 Å². The first kappa shape index (κ1) is 14.1. The van der Waals surface area contributed by atoms with Gasteiger partial charge in [-0.2, -0.15) is 5.11 Å². The minimum atomic E-state index is -0.229. The summed E-state index contributed by atoms with van der Waals surface area (Å²) in [5, 5.41) is 18.0. The van der Waals surface area contributed by atoms with E-state index in [2.05, 4.69) is 17.2 Å². The third kappa shape index (κ3) is 2.91. The molecule has 3 rings (SSSR count). The highest BCUT2D eigenvalue weighted by atomic mass is 16.5. The summed E-state index contributed by atoms with van der Waals surface area (Å²) in [4.78, 5) is 0. The molecule has 0 aliphatic carbocycles. The normalized spacial score (nSPS) is 11.2. The molecule has 0 radical (unpaired) electrons. The predicted octanol–water partition coefficient (Wildman–Crippen LogP) is 5.68. The molecule has 110 valence electrons. The lowest BCUT2D eigenvalue weighted by atomic mass is 10.1. The number of aromatic hydroxyl groups is 1. The summed E-state index contributed by atoms with van der Waals surface area (Å²) in [6, 6.07) is 17.0. The smallest absolute Gasteiger partial charge is 0.311 e. The number of rotatable bonds is 3. The molecule has 0 saturated carbocycles. The summed E-state index contributed by atoms with van der Waals surface area (Å²) in [5.41, 5.74) is 4.32. The van der Waals surface area contributed by atoms with Crippen molar-refractivity contribution in [2.24, 2.45) is 10.2 Å². The highest BCUT2D eigenvalue weighted by Gasteiger charge is 2.12. The van der Waals surface area contributed by atoms with E-state index >= 15 is 0 Å². The first-order chi connectivity index (χ1) is 10.6. The highest BCUT2D eigenvalue weighted by Crippen LogP contribution is 2.37. The summed E-state index contributed by atoms with van der Waals surface area (Å²) in [7, 11) is 0. The van der Waals surface area contributed by atoms with E-state index in [-0.39, 0.29) is 5.95 Å². The van der Waals surface area contributed by atoms with E-state index in [4.69, 9.17) is 4.42 Å². The average molecular weight is 292 g/mol. The molecule has 0 atom stereocenters. The van der Waals surface area contributed by atoms with Crippen LogP contribution >= 0.6 is 0 Å². The van der Waals surface area contributed by atoms with Crippen molar-refractivity contribution in [2.75, 3.05) is 0 Å². The van der Waals surface area contributed by atoms with Crippen molar-refractivity contribution in [3.05, 3.63) is 65.7 Å².